The lowest BCUT2D eigenvalue weighted by Gasteiger charge is -2.24. The van der Waals surface area contributed by atoms with E-state index in [0.29, 0.717) is 19.1 Å². The summed E-state index contributed by atoms with van der Waals surface area (Å²) in [6, 6.07) is 10.4. The molecule has 1 spiro atoms. The van der Waals surface area contributed by atoms with Crippen molar-refractivity contribution in [1.29, 1.82) is 0 Å². The minimum absolute atomic E-state index is 0.106. The van der Waals surface area contributed by atoms with Gasteiger partial charge in [0, 0.05) is 26.2 Å². The minimum Gasteiger partial charge on any atom is -0.349 e. The molecule has 3 heterocycles. The topological polar surface area (TPSA) is 42.0 Å². The Morgan fingerprint density at radius 1 is 1.08 bits per heavy atom. The van der Waals surface area contributed by atoms with Crippen LogP contribution in [0.2, 0.25) is 0 Å². The Bertz CT molecular complexity index is 573. The van der Waals surface area contributed by atoms with Crippen LogP contribution in [0.1, 0.15) is 18.4 Å². The van der Waals surface area contributed by atoms with Crippen LogP contribution in [-0.4, -0.2) is 67.9 Å². The molecule has 0 N–H and O–H groups in total. The average Bonchev–Trinajstić information content (AvgIpc) is 3.32. The molecule has 0 aliphatic carbocycles. The predicted molar refractivity (Wildman–Crippen MR) is 90.5 cm³/mol. The van der Waals surface area contributed by atoms with E-state index < -0.39 is 0 Å². The maximum absolute atomic E-state index is 13.0. The van der Waals surface area contributed by atoms with Crippen LogP contribution in [0, 0.1) is 5.41 Å². The number of likely N-dealkylation sites (tertiary alicyclic amines) is 2. The number of ether oxygens (including phenoxy) is 2. The van der Waals surface area contributed by atoms with Gasteiger partial charge in [0.1, 0.15) is 0 Å². The van der Waals surface area contributed by atoms with Crippen molar-refractivity contribution in [3.63, 3.8) is 0 Å². The third kappa shape index (κ3) is 3.21. The lowest BCUT2D eigenvalue weighted by atomic mass is 9.85. The van der Waals surface area contributed by atoms with Crippen LogP contribution in [0.4, 0.5) is 0 Å². The molecule has 130 valence electrons. The van der Waals surface area contributed by atoms with E-state index in [4.69, 9.17) is 9.47 Å². The van der Waals surface area contributed by atoms with E-state index in [9.17, 15) is 4.79 Å². The highest BCUT2D eigenvalue weighted by Gasteiger charge is 2.50. The van der Waals surface area contributed by atoms with Crippen LogP contribution in [0.25, 0.3) is 0 Å². The summed E-state index contributed by atoms with van der Waals surface area (Å²) in [6.07, 6.45) is 2.80. The van der Waals surface area contributed by atoms with Gasteiger partial charge >= 0.3 is 0 Å². The Hall–Kier alpha value is -1.43. The number of carbonyl (C=O) groups excluding carboxylic acids is 1. The van der Waals surface area contributed by atoms with Crippen molar-refractivity contribution < 1.29 is 14.3 Å². The Kier molecular flexibility index (Phi) is 4.57. The molecule has 0 aromatic heterocycles. The summed E-state index contributed by atoms with van der Waals surface area (Å²) in [7, 11) is 0. The van der Waals surface area contributed by atoms with Gasteiger partial charge in [-0.05, 0) is 31.4 Å². The van der Waals surface area contributed by atoms with Crippen LogP contribution in [0.5, 0.6) is 0 Å². The summed E-state index contributed by atoms with van der Waals surface area (Å²) in [5.41, 5.74) is 1.14. The maximum Gasteiger partial charge on any atom is 0.230 e. The zero-order valence-corrected chi connectivity index (χ0v) is 14.2. The van der Waals surface area contributed by atoms with E-state index >= 15 is 0 Å². The molecule has 1 aromatic rings. The Morgan fingerprint density at radius 3 is 2.62 bits per heavy atom. The fraction of sp³-hybridized carbons (Fsp3) is 0.632. The molecule has 3 aliphatic rings. The van der Waals surface area contributed by atoms with Crippen LogP contribution >= 0.6 is 0 Å². The molecule has 3 aliphatic heterocycles. The SMILES string of the molecule is O=C1N(CCc2ccccc2)CCC12CCN(CC1OCCO1)C2. The van der Waals surface area contributed by atoms with Crippen LogP contribution in [-0.2, 0) is 20.7 Å². The lowest BCUT2D eigenvalue weighted by molar-refractivity contribution is -0.135. The van der Waals surface area contributed by atoms with E-state index in [-0.39, 0.29) is 11.7 Å². The molecule has 5 heteroatoms. The summed E-state index contributed by atoms with van der Waals surface area (Å²) < 4.78 is 11.1. The third-order valence-electron chi connectivity index (χ3n) is 5.65. The second-order valence-corrected chi connectivity index (χ2v) is 7.21. The van der Waals surface area contributed by atoms with Crippen molar-refractivity contribution in [2.24, 2.45) is 5.41 Å². The fourth-order valence-corrected chi connectivity index (χ4v) is 4.23. The van der Waals surface area contributed by atoms with Gasteiger partial charge < -0.3 is 14.4 Å². The van der Waals surface area contributed by atoms with Crippen LogP contribution in [0.15, 0.2) is 30.3 Å². The molecule has 5 nitrogen and oxygen atoms in total. The van der Waals surface area contributed by atoms with Gasteiger partial charge in [0.05, 0.1) is 18.6 Å². The molecule has 1 unspecified atom stereocenters. The van der Waals surface area contributed by atoms with Crippen molar-refractivity contribution in [1.82, 2.24) is 9.80 Å². The minimum atomic E-state index is -0.157. The largest absolute Gasteiger partial charge is 0.349 e. The highest BCUT2D eigenvalue weighted by Crippen LogP contribution is 2.40. The van der Waals surface area contributed by atoms with E-state index in [1.54, 1.807) is 0 Å². The molecule has 0 saturated carbocycles. The molecule has 1 atom stereocenters. The molecular formula is C19H26N2O3. The highest BCUT2D eigenvalue weighted by molar-refractivity contribution is 5.85. The molecule has 3 fully saturated rings. The zero-order chi connectivity index (χ0) is 16.4. The summed E-state index contributed by atoms with van der Waals surface area (Å²) in [5, 5.41) is 0. The van der Waals surface area contributed by atoms with Gasteiger partial charge in [0.15, 0.2) is 6.29 Å². The van der Waals surface area contributed by atoms with Gasteiger partial charge in [-0.1, -0.05) is 30.3 Å². The van der Waals surface area contributed by atoms with Crippen molar-refractivity contribution >= 4 is 5.91 Å². The number of rotatable bonds is 5. The van der Waals surface area contributed by atoms with Crippen LogP contribution in [0.3, 0.4) is 0 Å². The predicted octanol–water partition coefficient (Wildman–Crippen LogP) is 1.53. The average molecular weight is 330 g/mol. The number of nitrogens with zero attached hydrogens (tertiary/aromatic N) is 2. The van der Waals surface area contributed by atoms with E-state index in [2.05, 4.69) is 34.1 Å². The Morgan fingerprint density at radius 2 is 1.83 bits per heavy atom. The summed E-state index contributed by atoms with van der Waals surface area (Å²) >= 11 is 0. The van der Waals surface area contributed by atoms with E-state index in [1.807, 2.05) is 6.07 Å². The van der Waals surface area contributed by atoms with Gasteiger partial charge in [-0.3, -0.25) is 9.69 Å². The fourth-order valence-electron chi connectivity index (χ4n) is 4.23. The summed E-state index contributed by atoms with van der Waals surface area (Å²) in [6.45, 7) is 5.73. The quantitative estimate of drug-likeness (QED) is 0.821. The number of carbonyl (C=O) groups is 1. The first-order valence-electron chi connectivity index (χ1n) is 9.04. The van der Waals surface area contributed by atoms with Gasteiger partial charge in [-0.25, -0.2) is 0 Å². The summed E-state index contributed by atoms with van der Waals surface area (Å²) in [5.74, 6) is 0.356. The normalized spacial score (nSPS) is 28.5. The number of amides is 1. The van der Waals surface area contributed by atoms with Gasteiger partial charge in [-0.2, -0.15) is 0 Å². The molecule has 24 heavy (non-hydrogen) atoms. The van der Waals surface area contributed by atoms with E-state index in [1.165, 1.54) is 5.56 Å². The molecular weight excluding hydrogens is 304 g/mol. The molecule has 1 aromatic carbocycles. The van der Waals surface area contributed by atoms with E-state index in [0.717, 1.165) is 52.0 Å². The zero-order valence-electron chi connectivity index (χ0n) is 14.2. The molecule has 3 saturated heterocycles. The number of hydrogen-bond donors (Lipinski definition) is 0. The second kappa shape index (κ2) is 6.82. The smallest absolute Gasteiger partial charge is 0.230 e. The molecule has 4 rings (SSSR count). The first-order chi connectivity index (χ1) is 11.8. The first-order valence-corrected chi connectivity index (χ1v) is 9.04. The first kappa shape index (κ1) is 16.1. The monoisotopic (exact) mass is 330 g/mol. The van der Waals surface area contributed by atoms with Crippen molar-refractivity contribution in [3.05, 3.63) is 35.9 Å². The molecule has 0 bridgehead atoms. The lowest BCUT2D eigenvalue weighted by Crippen LogP contribution is -2.39. The van der Waals surface area contributed by atoms with Gasteiger partial charge in [0.25, 0.3) is 0 Å². The van der Waals surface area contributed by atoms with Crippen molar-refractivity contribution in [3.8, 4) is 0 Å². The van der Waals surface area contributed by atoms with Crippen LogP contribution < -0.4 is 0 Å². The Labute approximate surface area is 143 Å². The summed E-state index contributed by atoms with van der Waals surface area (Å²) in [4.78, 5) is 17.4. The molecule has 1 amide bonds. The number of benzene rings is 1. The third-order valence-corrected chi connectivity index (χ3v) is 5.65. The van der Waals surface area contributed by atoms with Crippen molar-refractivity contribution in [2.75, 3.05) is 45.9 Å². The maximum atomic E-state index is 13.0. The van der Waals surface area contributed by atoms with Crippen molar-refractivity contribution in [2.45, 2.75) is 25.6 Å². The number of hydrogen-bond acceptors (Lipinski definition) is 4. The second-order valence-electron chi connectivity index (χ2n) is 7.21. The highest BCUT2D eigenvalue weighted by atomic mass is 16.7. The standard InChI is InChI=1S/C19H26N2O3/c22-18-19(7-10-20(15-19)14-17-23-12-13-24-17)8-11-21(18)9-6-16-4-2-1-3-5-16/h1-5,17H,6-15H2. The van der Waals surface area contributed by atoms with Gasteiger partial charge in [-0.15, -0.1) is 0 Å². The van der Waals surface area contributed by atoms with Gasteiger partial charge in [0.2, 0.25) is 5.91 Å². The molecule has 0 radical (unpaired) electrons. The Balaban J connectivity index is 1.31.